The van der Waals surface area contributed by atoms with E-state index < -0.39 is 23.4 Å². The molecule has 1 unspecified atom stereocenters. The Hall–Kier alpha value is -2.77. The summed E-state index contributed by atoms with van der Waals surface area (Å²) < 4.78 is 10.4. The van der Waals surface area contributed by atoms with Gasteiger partial charge < -0.3 is 14.8 Å². The van der Waals surface area contributed by atoms with Crippen molar-refractivity contribution in [3.8, 4) is 11.5 Å². The molecule has 0 radical (unpaired) electrons. The van der Waals surface area contributed by atoms with Gasteiger partial charge in [0.2, 0.25) is 0 Å². The number of nitrogens with one attached hydrogen (secondary N) is 2. The van der Waals surface area contributed by atoms with E-state index in [2.05, 4.69) is 10.7 Å². The molecular weight excluding hydrogens is 302 g/mol. The third-order valence-corrected chi connectivity index (χ3v) is 3.62. The fourth-order valence-electron chi connectivity index (χ4n) is 2.02. The summed E-state index contributed by atoms with van der Waals surface area (Å²) in [6, 6.07) is 6.09. The molecule has 0 bridgehead atoms. The van der Waals surface area contributed by atoms with E-state index in [0.717, 1.165) is 0 Å². The van der Waals surface area contributed by atoms with Crippen molar-refractivity contribution in [2.24, 2.45) is 0 Å². The lowest BCUT2D eigenvalue weighted by Gasteiger charge is -2.19. The van der Waals surface area contributed by atoms with E-state index in [0.29, 0.717) is 22.9 Å². The summed E-state index contributed by atoms with van der Waals surface area (Å²) in [5.74, 6) is -0.0813. The maximum atomic E-state index is 12.1. The van der Waals surface area contributed by atoms with Crippen molar-refractivity contribution in [1.82, 2.24) is 15.8 Å². The van der Waals surface area contributed by atoms with Crippen LogP contribution < -0.4 is 20.2 Å². The molecule has 2 rings (SSSR count). The van der Waals surface area contributed by atoms with E-state index >= 15 is 0 Å². The zero-order chi connectivity index (χ0) is 17.0. The predicted octanol–water partition coefficient (Wildman–Crippen LogP) is 0.826. The Morgan fingerprint density at radius 3 is 2.65 bits per heavy atom. The summed E-state index contributed by atoms with van der Waals surface area (Å²) in [5.41, 5.74) is 1.24. The molecule has 2 N–H and O–H groups in total. The highest BCUT2D eigenvalue weighted by atomic mass is 16.5. The second-order valence-electron chi connectivity index (χ2n) is 5.26. The fraction of sp³-hybridized carbons (Fsp3) is 0.400. The van der Waals surface area contributed by atoms with Crippen LogP contribution in [0, 0.1) is 0 Å². The molecule has 23 heavy (non-hydrogen) atoms. The van der Waals surface area contributed by atoms with Gasteiger partial charge in [-0.15, -0.1) is 0 Å². The van der Waals surface area contributed by atoms with E-state index in [4.69, 9.17) is 9.47 Å². The third-order valence-electron chi connectivity index (χ3n) is 3.62. The molecule has 1 aromatic rings. The summed E-state index contributed by atoms with van der Waals surface area (Å²) >= 11 is 0. The highest BCUT2D eigenvalue weighted by Crippen LogP contribution is 2.20. The molecule has 1 aromatic carbocycles. The van der Waals surface area contributed by atoms with E-state index in [1.165, 1.54) is 7.11 Å². The number of urea groups is 1. The van der Waals surface area contributed by atoms with Crippen LogP contribution in [0.5, 0.6) is 11.5 Å². The quantitative estimate of drug-likeness (QED) is 0.756. The maximum Gasteiger partial charge on any atom is 0.344 e. The number of rotatable bonds is 6. The van der Waals surface area contributed by atoms with Crippen molar-refractivity contribution in [2.45, 2.75) is 25.8 Å². The number of hydrogen-bond acceptors (Lipinski definition) is 5. The first kappa shape index (κ1) is 16.6. The number of benzene rings is 1. The van der Waals surface area contributed by atoms with Crippen LogP contribution >= 0.6 is 0 Å². The Balaban J connectivity index is 1.92. The molecule has 1 fully saturated rings. The van der Waals surface area contributed by atoms with Gasteiger partial charge in [0.25, 0.3) is 11.8 Å². The number of carbonyl (C=O) groups excluding carboxylic acids is 3. The van der Waals surface area contributed by atoms with Crippen molar-refractivity contribution >= 4 is 17.8 Å². The molecule has 1 aliphatic heterocycles. The Morgan fingerprint density at radius 2 is 2.04 bits per heavy atom. The molecule has 1 atom stereocenters. The summed E-state index contributed by atoms with van der Waals surface area (Å²) in [6.07, 6.45) is 0.421. The first-order valence-electron chi connectivity index (χ1n) is 7.12. The summed E-state index contributed by atoms with van der Waals surface area (Å²) in [7, 11) is 1.52. The monoisotopic (exact) mass is 321 g/mol. The van der Waals surface area contributed by atoms with Crippen LogP contribution in [0.15, 0.2) is 24.3 Å². The summed E-state index contributed by atoms with van der Waals surface area (Å²) in [4.78, 5) is 35.8. The van der Waals surface area contributed by atoms with Crippen molar-refractivity contribution < 1.29 is 23.9 Å². The van der Waals surface area contributed by atoms with Crippen LogP contribution in [-0.4, -0.2) is 42.1 Å². The van der Waals surface area contributed by atoms with Crippen LogP contribution in [0.2, 0.25) is 0 Å². The average molecular weight is 321 g/mol. The topological polar surface area (TPSA) is 97.0 Å². The third kappa shape index (κ3) is 3.53. The molecule has 0 aliphatic carbocycles. The number of imide groups is 1. The molecule has 1 aliphatic rings. The zero-order valence-electron chi connectivity index (χ0n) is 13.2. The highest BCUT2D eigenvalue weighted by Gasteiger charge is 2.47. The molecule has 0 aromatic heterocycles. The molecule has 0 saturated carbocycles. The van der Waals surface area contributed by atoms with E-state index in [-0.39, 0.29) is 6.61 Å². The molecule has 4 amide bonds. The Labute approximate surface area is 133 Å². The van der Waals surface area contributed by atoms with Gasteiger partial charge in [0.15, 0.2) is 6.61 Å². The van der Waals surface area contributed by atoms with Gasteiger partial charge in [-0.05, 0) is 25.5 Å². The summed E-state index contributed by atoms with van der Waals surface area (Å²) in [6.45, 7) is 3.04. The smallest absolute Gasteiger partial charge is 0.344 e. The predicted molar refractivity (Wildman–Crippen MR) is 80.7 cm³/mol. The van der Waals surface area contributed by atoms with Gasteiger partial charge in [-0.2, -0.15) is 5.01 Å². The van der Waals surface area contributed by atoms with Crippen LogP contribution in [0.1, 0.15) is 20.3 Å². The van der Waals surface area contributed by atoms with Gasteiger partial charge in [-0.1, -0.05) is 13.0 Å². The van der Waals surface area contributed by atoms with E-state index in [9.17, 15) is 14.4 Å². The average Bonchev–Trinajstić information content (AvgIpc) is 2.77. The lowest BCUT2D eigenvalue weighted by molar-refractivity contribution is -0.139. The number of methoxy groups -OCH3 is 1. The fourth-order valence-corrected chi connectivity index (χ4v) is 2.02. The van der Waals surface area contributed by atoms with E-state index in [1.54, 1.807) is 38.1 Å². The van der Waals surface area contributed by atoms with Crippen molar-refractivity contribution in [3.63, 3.8) is 0 Å². The highest BCUT2D eigenvalue weighted by molar-refractivity contribution is 6.07. The number of amides is 4. The Morgan fingerprint density at radius 1 is 1.35 bits per heavy atom. The zero-order valence-corrected chi connectivity index (χ0v) is 13.2. The van der Waals surface area contributed by atoms with Gasteiger partial charge in [-0.25, -0.2) is 4.79 Å². The second-order valence-corrected chi connectivity index (χ2v) is 5.26. The molecule has 8 heteroatoms. The number of nitrogens with zero attached hydrogens (tertiary/aromatic N) is 1. The van der Waals surface area contributed by atoms with Gasteiger partial charge >= 0.3 is 6.03 Å². The van der Waals surface area contributed by atoms with Gasteiger partial charge in [0, 0.05) is 6.07 Å². The lowest BCUT2D eigenvalue weighted by Crippen LogP contribution is -2.49. The first-order valence-corrected chi connectivity index (χ1v) is 7.12. The Bertz CT molecular complexity index is 633. The minimum absolute atomic E-state index is 0.340. The molecule has 124 valence electrons. The van der Waals surface area contributed by atoms with Crippen LogP contribution in [0.4, 0.5) is 4.79 Å². The Kier molecular flexibility index (Phi) is 4.73. The summed E-state index contributed by atoms with van der Waals surface area (Å²) in [5, 5.41) is 3.22. The van der Waals surface area contributed by atoms with Gasteiger partial charge in [0.1, 0.15) is 17.0 Å². The van der Waals surface area contributed by atoms with Crippen LogP contribution in [-0.2, 0) is 9.59 Å². The van der Waals surface area contributed by atoms with Gasteiger partial charge in [0.05, 0.1) is 7.11 Å². The molecular formula is C15H19N3O5. The van der Waals surface area contributed by atoms with E-state index in [1.807, 2.05) is 0 Å². The van der Waals surface area contributed by atoms with Crippen molar-refractivity contribution in [2.75, 3.05) is 13.7 Å². The van der Waals surface area contributed by atoms with Gasteiger partial charge in [-0.3, -0.25) is 15.0 Å². The van der Waals surface area contributed by atoms with Crippen molar-refractivity contribution in [3.05, 3.63) is 24.3 Å². The second kappa shape index (κ2) is 6.55. The SMILES string of the molecule is CCC1(C)NC(=O)N(NC(=O)COc2cccc(OC)c2)C1=O. The normalized spacial score (nSPS) is 20.2. The number of carbonyl (C=O) groups is 3. The molecule has 8 nitrogen and oxygen atoms in total. The van der Waals surface area contributed by atoms with Crippen LogP contribution in [0.25, 0.3) is 0 Å². The molecule has 1 heterocycles. The lowest BCUT2D eigenvalue weighted by atomic mass is 10.00. The largest absolute Gasteiger partial charge is 0.497 e. The number of hydrogen-bond donors (Lipinski definition) is 2. The minimum atomic E-state index is -1.00. The number of ether oxygens (including phenoxy) is 2. The molecule has 1 saturated heterocycles. The van der Waals surface area contributed by atoms with Crippen molar-refractivity contribution in [1.29, 1.82) is 0 Å². The molecule has 0 spiro atoms. The first-order chi connectivity index (χ1) is 10.9. The van der Waals surface area contributed by atoms with Crippen LogP contribution in [0.3, 0.4) is 0 Å². The maximum absolute atomic E-state index is 12.1. The number of hydrazine groups is 1. The minimum Gasteiger partial charge on any atom is -0.497 e. The standard InChI is InChI=1S/C15H19N3O5/c1-4-15(2)13(20)18(14(21)16-15)17-12(19)9-23-11-7-5-6-10(8-11)22-3/h5-8H,4,9H2,1-3H3,(H,16,21)(H,17,19).